The van der Waals surface area contributed by atoms with Crippen molar-refractivity contribution in [2.45, 2.75) is 12.8 Å². The monoisotopic (exact) mass is 417 g/mol. The van der Waals surface area contributed by atoms with Crippen LogP contribution < -0.4 is 5.32 Å². The highest BCUT2D eigenvalue weighted by Crippen LogP contribution is 2.24. The van der Waals surface area contributed by atoms with Crippen molar-refractivity contribution in [1.29, 1.82) is 0 Å². The molecule has 1 saturated heterocycles. The normalized spacial score (nSPS) is 15.0. The summed E-state index contributed by atoms with van der Waals surface area (Å²) < 4.78 is 27.5. The molecule has 1 fully saturated rings. The number of carboxylic acid groups (broad SMARTS) is 1. The molecule has 2 amide bonds. The van der Waals surface area contributed by atoms with Gasteiger partial charge in [-0.3, -0.25) is 4.79 Å². The van der Waals surface area contributed by atoms with Crippen LogP contribution >= 0.6 is 0 Å². The highest BCUT2D eigenvalue weighted by molar-refractivity contribution is 6.05. The summed E-state index contributed by atoms with van der Waals surface area (Å²) in [6.45, 7) is 0.816. The Labute approximate surface area is 171 Å². The van der Waals surface area contributed by atoms with Crippen molar-refractivity contribution in [2.24, 2.45) is 11.1 Å². The van der Waals surface area contributed by atoms with E-state index in [2.05, 4.69) is 10.5 Å². The summed E-state index contributed by atoms with van der Waals surface area (Å²) in [6.07, 6.45) is 0.282. The molecule has 1 aliphatic heterocycles. The summed E-state index contributed by atoms with van der Waals surface area (Å²) in [5.74, 6) is -2.74. The lowest BCUT2D eigenvalue weighted by molar-refractivity contribution is 0.101. The topological polar surface area (TPSA) is 91.2 Å². The molecule has 2 N–H and O–H groups in total. The Bertz CT molecular complexity index is 935. The summed E-state index contributed by atoms with van der Waals surface area (Å²) in [4.78, 5) is 29.6. The van der Waals surface area contributed by atoms with Gasteiger partial charge in [0.25, 0.3) is 5.91 Å². The maximum absolute atomic E-state index is 13.8. The molecule has 2 aromatic carbocycles. The second kappa shape index (κ2) is 9.34. The van der Waals surface area contributed by atoms with Crippen LogP contribution in [0.25, 0.3) is 0 Å². The number of benzene rings is 2. The number of oxime groups is 1. The fourth-order valence-corrected chi connectivity index (χ4v) is 3.44. The molecule has 1 aliphatic rings. The molecule has 0 aliphatic carbocycles. The van der Waals surface area contributed by atoms with E-state index in [1.807, 2.05) is 0 Å². The van der Waals surface area contributed by atoms with Gasteiger partial charge in [-0.05, 0) is 42.7 Å². The average Bonchev–Trinajstić information content (AvgIpc) is 2.73. The van der Waals surface area contributed by atoms with E-state index in [0.29, 0.717) is 37.3 Å². The van der Waals surface area contributed by atoms with Crippen molar-refractivity contribution < 1.29 is 28.3 Å². The van der Waals surface area contributed by atoms with Gasteiger partial charge in [0.15, 0.2) is 0 Å². The highest BCUT2D eigenvalue weighted by atomic mass is 19.1. The first kappa shape index (κ1) is 21.2. The fraction of sp³-hybridized carbons (Fsp3) is 0.286. The van der Waals surface area contributed by atoms with Gasteiger partial charge in [-0.25, -0.2) is 13.6 Å². The quantitative estimate of drug-likeness (QED) is 0.569. The molecular weight excluding hydrogens is 396 g/mol. The first-order valence-corrected chi connectivity index (χ1v) is 9.35. The van der Waals surface area contributed by atoms with Crippen LogP contribution in [0.5, 0.6) is 0 Å². The van der Waals surface area contributed by atoms with Crippen LogP contribution in [0.3, 0.4) is 0 Å². The van der Waals surface area contributed by atoms with Crippen LogP contribution in [0.2, 0.25) is 0 Å². The Hall–Kier alpha value is -3.49. The SMILES string of the molecule is CON=C(c1ccc(NC(=O)c2c(F)cccc2F)cc1)C1CCN(C(=O)O)CC1. The maximum atomic E-state index is 13.8. The van der Waals surface area contributed by atoms with Gasteiger partial charge in [0.2, 0.25) is 0 Å². The van der Waals surface area contributed by atoms with E-state index in [9.17, 15) is 18.4 Å². The minimum absolute atomic E-state index is 0.0218. The third-order valence-electron chi connectivity index (χ3n) is 4.97. The molecule has 3 rings (SSSR count). The lowest BCUT2D eigenvalue weighted by atomic mass is 9.88. The van der Waals surface area contributed by atoms with Crippen molar-refractivity contribution in [2.75, 3.05) is 25.5 Å². The Balaban J connectivity index is 1.72. The molecule has 7 nitrogen and oxygen atoms in total. The van der Waals surface area contributed by atoms with Gasteiger partial charge in [0, 0.05) is 24.7 Å². The van der Waals surface area contributed by atoms with E-state index in [4.69, 9.17) is 9.94 Å². The first-order chi connectivity index (χ1) is 14.4. The smallest absolute Gasteiger partial charge is 0.407 e. The van der Waals surface area contributed by atoms with Gasteiger partial charge in [0.05, 0.1) is 5.71 Å². The third kappa shape index (κ3) is 4.73. The number of hydrogen-bond acceptors (Lipinski definition) is 4. The number of anilines is 1. The first-order valence-electron chi connectivity index (χ1n) is 9.35. The van der Waals surface area contributed by atoms with Gasteiger partial charge in [-0.1, -0.05) is 23.4 Å². The summed E-state index contributed by atoms with van der Waals surface area (Å²) in [5.41, 5.74) is 1.15. The number of nitrogens with one attached hydrogen (secondary N) is 1. The lowest BCUT2D eigenvalue weighted by Crippen LogP contribution is -2.39. The molecular formula is C21H21F2N3O4. The number of piperidine rings is 1. The Morgan fingerprint density at radius 2 is 1.70 bits per heavy atom. The van der Waals surface area contributed by atoms with Crippen molar-refractivity contribution >= 4 is 23.4 Å². The van der Waals surface area contributed by atoms with Crippen LogP contribution in [-0.2, 0) is 4.84 Å². The minimum atomic E-state index is -0.940. The molecule has 9 heteroatoms. The lowest BCUT2D eigenvalue weighted by Gasteiger charge is -2.30. The third-order valence-corrected chi connectivity index (χ3v) is 4.97. The van der Waals surface area contributed by atoms with Crippen LogP contribution in [0.4, 0.5) is 19.3 Å². The fourth-order valence-electron chi connectivity index (χ4n) is 3.44. The Kier molecular flexibility index (Phi) is 6.61. The maximum Gasteiger partial charge on any atom is 0.407 e. The van der Waals surface area contributed by atoms with Crippen molar-refractivity contribution in [3.63, 3.8) is 0 Å². The average molecular weight is 417 g/mol. The number of carbonyl (C=O) groups excluding carboxylic acids is 1. The van der Waals surface area contributed by atoms with Gasteiger partial charge < -0.3 is 20.2 Å². The summed E-state index contributed by atoms with van der Waals surface area (Å²) in [7, 11) is 1.43. The summed E-state index contributed by atoms with van der Waals surface area (Å²) >= 11 is 0. The largest absolute Gasteiger partial charge is 0.465 e. The molecule has 0 spiro atoms. The van der Waals surface area contributed by atoms with E-state index in [-0.39, 0.29) is 5.92 Å². The second-order valence-electron chi connectivity index (χ2n) is 6.83. The van der Waals surface area contributed by atoms with Crippen LogP contribution in [0, 0.1) is 17.6 Å². The number of nitrogens with zero attached hydrogens (tertiary/aromatic N) is 2. The summed E-state index contributed by atoms with van der Waals surface area (Å²) in [5, 5.41) is 15.7. The molecule has 30 heavy (non-hydrogen) atoms. The molecule has 0 saturated carbocycles. The van der Waals surface area contributed by atoms with E-state index in [0.717, 1.165) is 17.7 Å². The zero-order valence-corrected chi connectivity index (χ0v) is 16.3. The predicted octanol–water partition coefficient (Wildman–Crippen LogP) is 3.96. The van der Waals surface area contributed by atoms with Crippen LogP contribution in [-0.4, -0.2) is 47.9 Å². The van der Waals surface area contributed by atoms with Crippen LogP contribution in [0.1, 0.15) is 28.8 Å². The Morgan fingerprint density at radius 1 is 1.10 bits per heavy atom. The van der Waals surface area contributed by atoms with E-state index >= 15 is 0 Å². The van der Waals surface area contributed by atoms with Crippen LogP contribution in [0.15, 0.2) is 47.6 Å². The van der Waals surface area contributed by atoms with E-state index in [1.165, 1.54) is 18.1 Å². The van der Waals surface area contributed by atoms with Gasteiger partial charge in [-0.15, -0.1) is 0 Å². The number of likely N-dealkylation sites (tertiary alicyclic amines) is 1. The molecule has 0 bridgehead atoms. The predicted molar refractivity (Wildman–Crippen MR) is 107 cm³/mol. The number of amides is 2. The van der Waals surface area contributed by atoms with E-state index < -0.39 is 29.2 Å². The van der Waals surface area contributed by atoms with Gasteiger partial charge in [0.1, 0.15) is 24.3 Å². The second-order valence-corrected chi connectivity index (χ2v) is 6.83. The molecule has 2 aromatic rings. The highest BCUT2D eigenvalue weighted by Gasteiger charge is 2.27. The van der Waals surface area contributed by atoms with Gasteiger partial charge >= 0.3 is 6.09 Å². The zero-order chi connectivity index (χ0) is 21.7. The number of rotatable bonds is 5. The van der Waals surface area contributed by atoms with Crippen molar-refractivity contribution in [3.8, 4) is 0 Å². The van der Waals surface area contributed by atoms with Crippen molar-refractivity contribution in [3.05, 3.63) is 65.2 Å². The molecule has 0 aromatic heterocycles. The van der Waals surface area contributed by atoms with Gasteiger partial charge in [-0.2, -0.15) is 0 Å². The van der Waals surface area contributed by atoms with Crippen molar-refractivity contribution in [1.82, 2.24) is 4.90 Å². The molecule has 1 heterocycles. The standard InChI is InChI=1S/C21H21F2N3O4/c1-30-25-19(14-9-11-26(12-10-14)21(28)29)13-5-7-15(8-6-13)24-20(27)18-16(22)3-2-4-17(18)23/h2-8,14H,9-12H2,1H3,(H,24,27)(H,28,29). The van der Waals surface area contributed by atoms with E-state index in [1.54, 1.807) is 24.3 Å². The molecule has 158 valence electrons. The zero-order valence-electron chi connectivity index (χ0n) is 16.3. The molecule has 0 unspecified atom stereocenters. The number of halogens is 2. The minimum Gasteiger partial charge on any atom is -0.465 e. The number of hydrogen-bond donors (Lipinski definition) is 2. The molecule has 0 atom stereocenters. The Morgan fingerprint density at radius 3 is 2.23 bits per heavy atom. The summed E-state index contributed by atoms with van der Waals surface area (Å²) in [6, 6.07) is 9.86. The molecule has 0 radical (unpaired) electrons. The number of carbonyl (C=O) groups is 2.